The lowest BCUT2D eigenvalue weighted by Gasteiger charge is -2.11. The van der Waals surface area contributed by atoms with Crippen molar-refractivity contribution in [3.63, 3.8) is 0 Å². The van der Waals surface area contributed by atoms with E-state index in [1.165, 1.54) is 0 Å². The molecule has 1 N–H and O–H groups in total. The molecule has 2 heteroatoms. The number of aliphatic hydroxyl groups excluding tert-OH is 1. The average molecular weight is 277 g/mol. The van der Waals surface area contributed by atoms with Crippen LogP contribution in [0.3, 0.4) is 0 Å². The van der Waals surface area contributed by atoms with E-state index in [1.807, 2.05) is 54.6 Å². The van der Waals surface area contributed by atoms with E-state index >= 15 is 0 Å². The van der Waals surface area contributed by atoms with Crippen molar-refractivity contribution >= 4 is 15.9 Å². The third kappa shape index (κ3) is 2.94. The van der Waals surface area contributed by atoms with E-state index in [2.05, 4.69) is 15.9 Å². The molecule has 0 amide bonds. The molecule has 0 bridgehead atoms. The summed E-state index contributed by atoms with van der Waals surface area (Å²) >= 11 is 3.38. The Balaban J connectivity index is 2.09. The van der Waals surface area contributed by atoms with E-state index in [1.54, 1.807) is 0 Å². The number of rotatable bonds is 3. The van der Waals surface area contributed by atoms with E-state index in [4.69, 9.17) is 0 Å². The van der Waals surface area contributed by atoms with Crippen molar-refractivity contribution in [3.05, 3.63) is 70.2 Å². The Morgan fingerprint density at radius 2 is 1.56 bits per heavy atom. The van der Waals surface area contributed by atoms with Crippen molar-refractivity contribution in [1.82, 2.24) is 0 Å². The Labute approximate surface area is 104 Å². The molecule has 2 aromatic carbocycles. The van der Waals surface area contributed by atoms with Gasteiger partial charge in [-0.25, -0.2) is 0 Å². The standard InChI is InChI=1S/C14H13BrO/c15-13-8-6-12(7-9-13)14(16)10-11-4-2-1-3-5-11/h1-9,14,16H,10H2. The molecule has 0 radical (unpaired) electrons. The van der Waals surface area contributed by atoms with Crippen molar-refractivity contribution in [2.75, 3.05) is 0 Å². The lowest BCUT2D eigenvalue weighted by Crippen LogP contribution is -2.01. The van der Waals surface area contributed by atoms with Gasteiger partial charge in [0.1, 0.15) is 0 Å². The highest BCUT2D eigenvalue weighted by atomic mass is 79.9. The van der Waals surface area contributed by atoms with Crippen molar-refractivity contribution in [2.45, 2.75) is 12.5 Å². The van der Waals surface area contributed by atoms with Gasteiger partial charge in [0.25, 0.3) is 0 Å². The zero-order valence-corrected chi connectivity index (χ0v) is 10.4. The fraction of sp³-hybridized carbons (Fsp3) is 0.143. The zero-order chi connectivity index (χ0) is 11.4. The predicted molar refractivity (Wildman–Crippen MR) is 69.2 cm³/mol. The van der Waals surface area contributed by atoms with Crippen LogP contribution in [0, 0.1) is 0 Å². The van der Waals surface area contributed by atoms with Gasteiger partial charge >= 0.3 is 0 Å². The molecule has 0 aliphatic heterocycles. The van der Waals surface area contributed by atoms with E-state index in [9.17, 15) is 5.11 Å². The second-order valence-corrected chi connectivity index (χ2v) is 4.67. The van der Waals surface area contributed by atoms with Crippen LogP contribution in [0.5, 0.6) is 0 Å². The summed E-state index contributed by atoms with van der Waals surface area (Å²) in [6.07, 6.45) is 0.221. The Kier molecular flexibility index (Phi) is 3.75. The van der Waals surface area contributed by atoms with E-state index in [-0.39, 0.29) is 0 Å². The first-order valence-electron chi connectivity index (χ1n) is 5.23. The minimum absolute atomic E-state index is 0.435. The van der Waals surface area contributed by atoms with E-state index in [0.717, 1.165) is 15.6 Å². The van der Waals surface area contributed by atoms with Crippen LogP contribution in [0.25, 0.3) is 0 Å². The Morgan fingerprint density at radius 3 is 2.19 bits per heavy atom. The molecule has 0 spiro atoms. The first kappa shape index (κ1) is 11.4. The highest BCUT2D eigenvalue weighted by Crippen LogP contribution is 2.20. The molecule has 0 heterocycles. The summed E-state index contributed by atoms with van der Waals surface area (Å²) < 4.78 is 1.03. The topological polar surface area (TPSA) is 20.2 Å². The van der Waals surface area contributed by atoms with Gasteiger partial charge in [-0.3, -0.25) is 0 Å². The summed E-state index contributed by atoms with van der Waals surface area (Å²) in [5, 5.41) is 10.0. The largest absolute Gasteiger partial charge is 0.388 e. The predicted octanol–water partition coefficient (Wildman–Crippen LogP) is 3.73. The molecule has 0 fully saturated rings. The van der Waals surface area contributed by atoms with Gasteiger partial charge in [-0.05, 0) is 23.3 Å². The minimum Gasteiger partial charge on any atom is -0.388 e. The van der Waals surface area contributed by atoms with E-state index in [0.29, 0.717) is 6.42 Å². The van der Waals surface area contributed by atoms with Gasteiger partial charge in [0.05, 0.1) is 6.10 Å². The number of aliphatic hydroxyl groups is 1. The van der Waals surface area contributed by atoms with Crippen LogP contribution < -0.4 is 0 Å². The maximum absolute atomic E-state index is 10.0. The number of hydrogen-bond acceptors (Lipinski definition) is 1. The summed E-state index contributed by atoms with van der Waals surface area (Å²) in [5.41, 5.74) is 2.10. The van der Waals surface area contributed by atoms with Crippen LogP contribution >= 0.6 is 15.9 Å². The highest BCUT2D eigenvalue weighted by Gasteiger charge is 2.07. The molecule has 0 aliphatic carbocycles. The molecule has 0 aromatic heterocycles. The molecular weight excluding hydrogens is 264 g/mol. The quantitative estimate of drug-likeness (QED) is 0.906. The molecule has 1 unspecified atom stereocenters. The van der Waals surface area contributed by atoms with Crippen molar-refractivity contribution in [1.29, 1.82) is 0 Å². The fourth-order valence-corrected chi connectivity index (χ4v) is 1.90. The lowest BCUT2D eigenvalue weighted by molar-refractivity contribution is 0.178. The monoisotopic (exact) mass is 276 g/mol. The molecular formula is C14H13BrO. The smallest absolute Gasteiger partial charge is 0.0830 e. The van der Waals surface area contributed by atoms with Gasteiger partial charge in [-0.15, -0.1) is 0 Å². The van der Waals surface area contributed by atoms with Crippen LogP contribution in [0.15, 0.2) is 59.1 Å². The van der Waals surface area contributed by atoms with Gasteiger partial charge in [0.2, 0.25) is 0 Å². The summed E-state index contributed by atoms with van der Waals surface area (Å²) in [5.74, 6) is 0. The average Bonchev–Trinajstić information content (AvgIpc) is 2.31. The number of hydrogen-bond donors (Lipinski definition) is 1. The molecule has 1 atom stereocenters. The third-order valence-electron chi connectivity index (χ3n) is 2.53. The minimum atomic E-state index is -0.435. The van der Waals surface area contributed by atoms with E-state index < -0.39 is 6.10 Å². The number of benzene rings is 2. The molecule has 0 aliphatic rings. The second kappa shape index (κ2) is 5.28. The van der Waals surface area contributed by atoms with Crippen LogP contribution in [-0.4, -0.2) is 5.11 Å². The van der Waals surface area contributed by atoms with Crippen molar-refractivity contribution in [2.24, 2.45) is 0 Å². The van der Waals surface area contributed by atoms with Crippen LogP contribution in [0.4, 0.5) is 0 Å². The molecule has 1 nitrogen and oxygen atoms in total. The summed E-state index contributed by atoms with van der Waals surface area (Å²) in [7, 11) is 0. The lowest BCUT2D eigenvalue weighted by atomic mass is 10.0. The first-order chi connectivity index (χ1) is 7.75. The van der Waals surface area contributed by atoms with Gasteiger partial charge in [0.15, 0.2) is 0 Å². The highest BCUT2D eigenvalue weighted by molar-refractivity contribution is 9.10. The molecule has 0 saturated heterocycles. The third-order valence-corrected chi connectivity index (χ3v) is 3.06. The van der Waals surface area contributed by atoms with Gasteiger partial charge in [-0.2, -0.15) is 0 Å². The summed E-state index contributed by atoms with van der Waals surface area (Å²) in [4.78, 5) is 0. The maximum Gasteiger partial charge on any atom is 0.0830 e. The Bertz CT molecular complexity index is 436. The van der Waals surface area contributed by atoms with Crippen molar-refractivity contribution in [3.8, 4) is 0 Å². The normalized spacial score (nSPS) is 12.4. The summed E-state index contributed by atoms with van der Waals surface area (Å²) in [6, 6.07) is 17.8. The first-order valence-corrected chi connectivity index (χ1v) is 6.02. The van der Waals surface area contributed by atoms with Gasteiger partial charge in [-0.1, -0.05) is 58.4 Å². The Hall–Kier alpha value is -1.12. The Morgan fingerprint density at radius 1 is 0.938 bits per heavy atom. The molecule has 16 heavy (non-hydrogen) atoms. The molecule has 2 rings (SSSR count). The second-order valence-electron chi connectivity index (χ2n) is 3.76. The van der Waals surface area contributed by atoms with Gasteiger partial charge < -0.3 is 5.11 Å². The zero-order valence-electron chi connectivity index (χ0n) is 8.81. The molecule has 0 saturated carbocycles. The fourth-order valence-electron chi connectivity index (χ4n) is 1.64. The SMILES string of the molecule is OC(Cc1ccccc1)c1ccc(Br)cc1. The van der Waals surface area contributed by atoms with Crippen molar-refractivity contribution < 1.29 is 5.11 Å². The van der Waals surface area contributed by atoms with Gasteiger partial charge in [0, 0.05) is 10.9 Å². The van der Waals surface area contributed by atoms with Crippen LogP contribution in [-0.2, 0) is 6.42 Å². The molecule has 82 valence electrons. The molecule has 2 aromatic rings. The maximum atomic E-state index is 10.0. The number of halogens is 1. The summed E-state index contributed by atoms with van der Waals surface area (Å²) in [6.45, 7) is 0. The van der Waals surface area contributed by atoms with Crippen LogP contribution in [0.1, 0.15) is 17.2 Å². The van der Waals surface area contributed by atoms with Crippen LogP contribution in [0.2, 0.25) is 0 Å².